The van der Waals surface area contributed by atoms with Gasteiger partial charge in [0.05, 0.1) is 19.1 Å². The Morgan fingerprint density at radius 3 is 2.88 bits per heavy atom. The molecule has 0 bridgehead atoms. The van der Waals surface area contributed by atoms with Gasteiger partial charge in [0.2, 0.25) is 0 Å². The van der Waals surface area contributed by atoms with Crippen LogP contribution in [0.5, 0.6) is 11.5 Å². The van der Waals surface area contributed by atoms with Crippen LogP contribution in [-0.4, -0.2) is 43.3 Å². The van der Waals surface area contributed by atoms with Gasteiger partial charge >= 0.3 is 0 Å². The van der Waals surface area contributed by atoms with Crippen LogP contribution >= 0.6 is 11.8 Å². The molecule has 0 aliphatic carbocycles. The second kappa shape index (κ2) is 7.30. The molecule has 5 nitrogen and oxygen atoms in total. The number of carbonyl (C=O) groups is 1. The minimum atomic E-state index is -0.175. The van der Waals surface area contributed by atoms with Crippen molar-refractivity contribution in [1.82, 2.24) is 4.90 Å². The summed E-state index contributed by atoms with van der Waals surface area (Å²) in [5.74, 6) is 1.87. The van der Waals surface area contributed by atoms with Crippen molar-refractivity contribution in [3.63, 3.8) is 0 Å². The summed E-state index contributed by atoms with van der Waals surface area (Å²) in [5, 5.41) is 0.824. The number of thioether (sulfide) groups is 1. The SMILES string of the molecule is COc1ccc(/C=C2/SC(N3CCCC(C)C3)=NC2=O)c(OC)c1. The van der Waals surface area contributed by atoms with E-state index < -0.39 is 0 Å². The van der Waals surface area contributed by atoms with Gasteiger partial charge < -0.3 is 14.4 Å². The largest absolute Gasteiger partial charge is 0.497 e. The fourth-order valence-electron chi connectivity index (χ4n) is 2.98. The lowest BCUT2D eigenvalue weighted by molar-refractivity contribution is -0.113. The van der Waals surface area contributed by atoms with Crippen molar-refractivity contribution in [2.24, 2.45) is 10.9 Å². The lowest BCUT2D eigenvalue weighted by atomic mass is 10.0. The maximum atomic E-state index is 12.3. The van der Waals surface area contributed by atoms with Crippen molar-refractivity contribution in [2.45, 2.75) is 19.8 Å². The molecule has 2 heterocycles. The number of nitrogens with zero attached hydrogens (tertiary/aromatic N) is 2. The van der Waals surface area contributed by atoms with Crippen LogP contribution in [0.4, 0.5) is 0 Å². The number of ether oxygens (including phenoxy) is 2. The number of hydrogen-bond donors (Lipinski definition) is 0. The van der Waals surface area contributed by atoms with Gasteiger partial charge in [-0.15, -0.1) is 0 Å². The van der Waals surface area contributed by atoms with E-state index in [4.69, 9.17) is 9.47 Å². The Bertz CT molecular complexity index is 700. The molecule has 1 aromatic rings. The second-order valence-electron chi connectivity index (χ2n) is 6.11. The lowest BCUT2D eigenvalue weighted by Crippen LogP contribution is -2.37. The monoisotopic (exact) mass is 346 g/mol. The van der Waals surface area contributed by atoms with E-state index in [1.54, 1.807) is 14.2 Å². The van der Waals surface area contributed by atoms with Gasteiger partial charge in [-0.1, -0.05) is 6.92 Å². The summed E-state index contributed by atoms with van der Waals surface area (Å²) in [6.45, 7) is 4.19. The summed E-state index contributed by atoms with van der Waals surface area (Å²) in [6.07, 6.45) is 4.24. The van der Waals surface area contributed by atoms with Crippen molar-refractivity contribution in [2.75, 3.05) is 27.3 Å². The zero-order valence-electron chi connectivity index (χ0n) is 14.2. The molecule has 3 rings (SSSR count). The van der Waals surface area contributed by atoms with Crippen molar-refractivity contribution >= 4 is 28.9 Å². The number of amidine groups is 1. The first kappa shape index (κ1) is 16.9. The summed E-state index contributed by atoms with van der Waals surface area (Å²) in [5.41, 5.74) is 0.845. The minimum absolute atomic E-state index is 0.175. The average Bonchev–Trinajstić information content (AvgIpc) is 2.96. The van der Waals surface area contributed by atoms with Gasteiger partial charge in [0, 0.05) is 24.7 Å². The summed E-state index contributed by atoms with van der Waals surface area (Å²) < 4.78 is 10.6. The van der Waals surface area contributed by atoms with Crippen LogP contribution in [0, 0.1) is 5.92 Å². The highest BCUT2D eigenvalue weighted by Crippen LogP contribution is 2.34. The zero-order chi connectivity index (χ0) is 17.1. The Hall–Kier alpha value is -1.95. The Morgan fingerprint density at radius 1 is 1.33 bits per heavy atom. The third kappa shape index (κ3) is 3.59. The molecule has 1 atom stereocenters. The highest BCUT2D eigenvalue weighted by atomic mass is 32.2. The van der Waals surface area contributed by atoms with E-state index in [1.807, 2.05) is 24.3 Å². The highest BCUT2D eigenvalue weighted by molar-refractivity contribution is 8.18. The number of rotatable bonds is 3. The number of carbonyl (C=O) groups excluding carboxylic acids is 1. The predicted molar refractivity (Wildman–Crippen MR) is 97.5 cm³/mol. The standard InChI is InChI=1S/C18H22N2O3S/c1-12-5-4-8-20(11-12)18-19-17(21)16(24-18)9-13-6-7-14(22-2)10-15(13)23-3/h6-7,9-10,12H,4-5,8,11H2,1-3H3/b16-9+. The zero-order valence-corrected chi connectivity index (χ0v) is 15.1. The smallest absolute Gasteiger partial charge is 0.286 e. The first-order valence-corrected chi connectivity index (χ1v) is 8.92. The second-order valence-corrected chi connectivity index (χ2v) is 7.12. The van der Waals surface area contributed by atoms with Crippen molar-refractivity contribution < 1.29 is 14.3 Å². The topological polar surface area (TPSA) is 51.1 Å². The maximum absolute atomic E-state index is 12.3. The Balaban J connectivity index is 1.79. The molecular formula is C18H22N2O3S. The molecule has 1 aromatic carbocycles. The number of amides is 1. The van der Waals surface area contributed by atoms with E-state index in [0.29, 0.717) is 16.6 Å². The van der Waals surface area contributed by atoms with Crippen LogP contribution in [0.2, 0.25) is 0 Å². The van der Waals surface area contributed by atoms with E-state index in [-0.39, 0.29) is 5.91 Å². The average molecular weight is 346 g/mol. The summed E-state index contributed by atoms with van der Waals surface area (Å²) in [4.78, 5) is 19.4. The molecule has 6 heteroatoms. The number of hydrogen-bond acceptors (Lipinski definition) is 5. The number of likely N-dealkylation sites (tertiary alicyclic amines) is 1. The molecule has 2 aliphatic rings. The summed E-state index contributed by atoms with van der Waals surface area (Å²) in [7, 11) is 3.22. The fourth-order valence-corrected chi connectivity index (χ4v) is 3.91. The third-order valence-electron chi connectivity index (χ3n) is 4.26. The van der Waals surface area contributed by atoms with E-state index in [0.717, 1.165) is 36.0 Å². The van der Waals surface area contributed by atoms with E-state index >= 15 is 0 Å². The maximum Gasteiger partial charge on any atom is 0.286 e. The first-order chi connectivity index (χ1) is 11.6. The molecule has 1 unspecified atom stereocenters. The molecule has 24 heavy (non-hydrogen) atoms. The molecule has 0 aromatic heterocycles. The number of methoxy groups -OCH3 is 2. The minimum Gasteiger partial charge on any atom is -0.497 e. The quantitative estimate of drug-likeness (QED) is 0.785. The summed E-state index contributed by atoms with van der Waals surface area (Å²) >= 11 is 1.45. The van der Waals surface area contributed by atoms with Gasteiger partial charge in [-0.3, -0.25) is 4.79 Å². The fraction of sp³-hybridized carbons (Fsp3) is 0.444. The lowest BCUT2D eigenvalue weighted by Gasteiger charge is -2.31. The Kier molecular flexibility index (Phi) is 5.14. The predicted octanol–water partition coefficient (Wildman–Crippen LogP) is 3.41. The third-order valence-corrected chi connectivity index (χ3v) is 5.31. The molecule has 2 aliphatic heterocycles. The Labute approximate surface area is 146 Å². The molecule has 1 fully saturated rings. The molecule has 1 amide bonds. The molecular weight excluding hydrogens is 324 g/mol. The van der Waals surface area contributed by atoms with E-state index in [2.05, 4.69) is 16.8 Å². The van der Waals surface area contributed by atoms with Crippen molar-refractivity contribution in [3.05, 3.63) is 28.7 Å². The van der Waals surface area contributed by atoms with E-state index in [1.165, 1.54) is 18.2 Å². The van der Waals surface area contributed by atoms with Crippen LogP contribution < -0.4 is 9.47 Å². The van der Waals surface area contributed by atoms with Crippen LogP contribution in [0.25, 0.3) is 6.08 Å². The van der Waals surface area contributed by atoms with Gasteiger partial charge in [0.25, 0.3) is 5.91 Å². The van der Waals surface area contributed by atoms with Crippen LogP contribution in [0.15, 0.2) is 28.1 Å². The van der Waals surface area contributed by atoms with Crippen molar-refractivity contribution in [3.8, 4) is 11.5 Å². The summed E-state index contributed by atoms with van der Waals surface area (Å²) in [6, 6.07) is 5.55. The molecule has 128 valence electrons. The van der Waals surface area contributed by atoms with Gasteiger partial charge in [0.1, 0.15) is 11.5 Å². The molecule has 0 saturated carbocycles. The molecule has 1 saturated heterocycles. The molecule has 0 radical (unpaired) electrons. The van der Waals surface area contributed by atoms with Crippen molar-refractivity contribution in [1.29, 1.82) is 0 Å². The van der Waals surface area contributed by atoms with Gasteiger partial charge in [-0.2, -0.15) is 4.99 Å². The Morgan fingerprint density at radius 2 is 2.17 bits per heavy atom. The number of piperidine rings is 1. The molecule has 0 spiro atoms. The normalized spacial score (nSPS) is 22.7. The van der Waals surface area contributed by atoms with Crippen LogP contribution in [-0.2, 0) is 4.79 Å². The van der Waals surface area contributed by atoms with Gasteiger partial charge in [0.15, 0.2) is 5.17 Å². The van der Waals surface area contributed by atoms with Crippen LogP contribution in [0.1, 0.15) is 25.3 Å². The highest BCUT2D eigenvalue weighted by Gasteiger charge is 2.28. The van der Waals surface area contributed by atoms with Gasteiger partial charge in [-0.25, -0.2) is 0 Å². The van der Waals surface area contributed by atoms with Crippen LogP contribution in [0.3, 0.4) is 0 Å². The molecule has 0 N–H and O–H groups in total. The number of aliphatic imine (C=N–C) groups is 1. The van der Waals surface area contributed by atoms with E-state index in [9.17, 15) is 4.79 Å². The first-order valence-electron chi connectivity index (χ1n) is 8.10. The number of benzene rings is 1. The van der Waals surface area contributed by atoms with Gasteiger partial charge in [-0.05, 0) is 48.7 Å².